The molecule has 4 aliphatic carbocycles. The summed E-state index contributed by atoms with van der Waals surface area (Å²) in [6.07, 6.45) is 18.2. The summed E-state index contributed by atoms with van der Waals surface area (Å²) < 4.78 is 0. The molecular formula is C33H58N2. The first-order valence-electron chi connectivity index (χ1n) is 15.4. The second-order valence-corrected chi connectivity index (χ2v) is 13.7. The molecule has 0 spiro atoms. The van der Waals surface area contributed by atoms with Crippen molar-refractivity contribution >= 4 is 0 Å². The quantitative estimate of drug-likeness (QED) is 0.352. The van der Waals surface area contributed by atoms with Crippen molar-refractivity contribution in [2.45, 2.75) is 126 Å². The van der Waals surface area contributed by atoms with E-state index in [1.165, 1.54) is 70.6 Å². The fraction of sp³-hybridized carbons (Fsp3) is 0.909. The van der Waals surface area contributed by atoms with Crippen LogP contribution in [0.5, 0.6) is 0 Å². The van der Waals surface area contributed by atoms with Crippen LogP contribution in [-0.2, 0) is 0 Å². The minimum absolute atomic E-state index is 0.532. The Labute approximate surface area is 219 Å². The topological polar surface area (TPSA) is 27.0 Å². The van der Waals surface area contributed by atoms with Gasteiger partial charge in [0.2, 0.25) is 0 Å². The third kappa shape index (κ3) is 5.09. The van der Waals surface area contributed by atoms with Gasteiger partial charge in [-0.1, -0.05) is 54.9 Å². The van der Waals surface area contributed by atoms with Gasteiger partial charge in [-0.25, -0.2) is 0 Å². The molecule has 8 unspecified atom stereocenters. The van der Waals surface area contributed by atoms with Gasteiger partial charge in [-0.15, -0.1) is 0 Å². The van der Waals surface area contributed by atoms with Crippen LogP contribution in [0.1, 0.15) is 126 Å². The average molecular weight is 483 g/mol. The van der Waals surface area contributed by atoms with Crippen LogP contribution < -0.4 is 0 Å². The van der Waals surface area contributed by atoms with Gasteiger partial charge < -0.3 is 4.90 Å². The van der Waals surface area contributed by atoms with Crippen molar-refractivity contribution in [1.29, 1.82) is 5.26 Å². The van der Waals surface area contributed by atoms with Crippen LogP contribution in [0, 0.1) is 63.1 Å². The molecule has 200 valence electrons. The molecule has 0 aromatic heterocycles. The zero-order chi connectivity index (χ0) is 26.0. The Bertz CT molecular complexity index is 778. The average Bonchev–Trinajstić information content (AvgIpc) is 3.22. The summed E-state index contributed by atoms with van der Waals surface area (Å²) in [4.78, 5) is 2.27. The highest BCUT2D eigenvalue weighted by atomic mass is 15.1. The molecule has 0 aromatic carbocycles. The number of hydrogen-bond donors (Lipinski definition) is 0. The van der Waals surface area contributed by atoms with Gasteiger partial charge in [0.15, 0.2) is 0 Å². The molecule has 0 aromatic rings. The predicted octanol–water partition coefficient (Wildman–Crippen LogP) is 9.47. The van der Waals surface area contributed by atoms with E-state index in [0.717, 1.165) is 41.7 Å². The van der Waals surface area contributed by atoms with E-state index in [4.69, 9.17) is 5.26 Å². The maximum Gasteiger partial charge on any atom is 0.0959 e. The maximum absolute atomic E-state index is 9.16. The summed E-state index contributed by atoms with van der Waals surface area (Å²) in [5.41, 5.74) is 2.61. The lowest BCUT2D eigenvalue weighted by atomic mass is 9.41. The lowest BCUT2D eigenvalue weighted by Gasteiger charge is -2.63. The molecule has 0 N–H and O–H groups in total. The van der Waals surface area contributed by atoms with Gasteiger partial charge in [-0.05, 0) is 123 Å². The highest BCUT2D eigenvalue weighted by molar-refractivity contribution is 5.16. The highest BCUT2D eigenvalue weighted by Crippen LogP contribution is 2.70. The van der Waals surface area contributed by atoms with Gasteiger partial charge in [-0.3, -0.25) is 0 Å². The van der Waals surface area contributed by atoms with Gasteiger partial charge in [0.1, 0.15) is 0 Å². The molecule has 4 rings (SSSR count). The molecule has 35 heavy (non-hydrogen) atoms. The fourth-order valence-electron chi connectivity index (χ4n) is 10.3. The minimum Gasteiger partial charge on any atom is -0.379 e. The van der Waals surface area contributed by atoms with Crippen molar-refractivity contribution in [3.05, 3.63) is 11.8 Å². The SMILES string of the molecule is CC.CCC12CC[C@@](C)(CC)CC1CCC1C3CCC(C(C)CN(C)/C=C(\C)C#N)C3(C)CCC12. The number of rotatable bonds is 6. The van der Waals surface area contributed by atoms with Crippen LogP contribution >= 0.6 is 0 Å². The number of fused-ring (bicyclic) bond motifs is 5. The summed E-state index contributed by atoms with van der Waals surface area (Å²) in [6, 6.07) is 2.28. The van der Waals surface area contributed by atoms with Crippen LogP contribution in [0.4, 0.5) is 0 Å². The van der Waals surface area contributed by atoms with Crippen molar-refractivity contribution in [3.63, 3.8) is 0 Å². The molecule has 4 aliphatic rings. The van der Waals surface area contributed by atoms with Gasteiger partial charge in [0.25, 0.3) is 0 Å². The Hall–Kier alpha value is -0.970. The number of nitrogens with zero attached hydrogens (tertiary/aromatic N) is 2. The second kappa shape index (κ2) is 11.2. The number of nitriles is 1. The van der Waals surface area contributed by atoms with Crippen LogP contribution in [0.15, 0.2) is 11.8 Å². The fourth-order valence-corrected chi connectivity index (χ4v) is 10.3. The predicted molar refractivity (Wildman–Crippen MR) is 151 cm³/mol. The van der Waals surface area contributed by atoms with Crippen LogP contribution in [-0.4, -0.2) is 18.5 Å². The third-order valence-electron chi connectivity index (χ3n) is 12.2. The zero-order valence-corrected chi connectivity index (χ0v) is 24.9. The first-order chi connectivity index (χ1) is 16.6. The molecule has 4 fully saturated rings. The normalized spacial score (nSPS) is 43.5. The lowest BCUT2D eigenvalue weighted by molar-refractivity contribution is -0.142. The first-order valence-corrected chi connectivity index (χ1v) is 15.4. The van der Waals surface area contributed by atoms with Gasteiger partial charge >= 0.3 is 0 Å². The largest absolute Gasteiger partial charge is 0.379 e. The molecule has 2 nitrogen and oxygen atoms in total. The van der Waals surface area contributed by atoms with E-state index in [2.05, 4.69) is 52.6 Å². The standard InChI is InChI=1S/C31H52N2.C2H6/c1-8-29(5)16-17-31(9-2)24(18-29)10-11-25-27-13-12-26(30(27,6)15-14-28(25)31)23(4)21-33(7)20-22(3)19-32;1-2/h20,23-28H,8-18,21H2,1-7H3;1-2H3/b22-20+;/t23?,24?,25?,26?,27?,28?,29-,30?,31?;/m1./s1. The van der Waals surface area contributed by atoms with E-state index in [9.17, 15) is 0 Å². The van der Waals surface area contributed by atoms with Gasteiger partial charge in [0, 0.05) is 25.4 Å². The summed E-state index contributed by atoms with van der Waals surface area (Å²) in [5.74, 6) is 5.47. The van der Waals surface area contributed by atoms with Crippen molar-refractivity contribution in [3.8, 4) is 6.07 Å². The van der Waals surface area contributed by atoms with Crippen LogP contribution in [0.2, 0.25) is 0 Å². The Morgan fingerprint density at radius 3 is 2.34 bits per heavy atom. The van der Waals surface area contributed by atoms with Crippen molar-refractivity contribution in [2.75, 3.05) is 13.6 Å². The minimum atomic E-state index is 0.532. The molecule has 0 heterocycles. The van der Waals surface area contributed by atoms with E-state index >= 15 is 0 Å². The monoisotopic (exact) mass is 482 g/mol. The van der Waals surface area contributed by atoms with Crippen molar-refractivity contribution in [2.24, 2.45) is 51.8 Å². The summed E-state index contributed by atoms with van der Waals surface area (Å²) in [7, 11) is 2.16. The van der Waals surface area contributed by atoms with Crippen molar-refractivity contribution in [1.82, 2.24) is 4.90 Å². The van der Waals surface area contributed by atoms with E-state index in [0.29, 0.717) is 22.2 Å². The van der Waals surface area contributed by atoms with Crippen LogP contribution in [0.3, 0.4) is 0 Å². The Kier molecular flexibility index (Phi) is 9.14. The third-order valence-corrected chi connectivity index (χ3v) is 12.2. The molecule has 9 atom stereocenters. The first kappa shape index (κ1) is 28.6. The molecule has 4 saturated carbocycles. The maximum atomic E-state index is 9.16. The van der Waals surface area contributed by atoms with Crippen molar-refractivity contribution < 1.29 is 0 Å². The Morgan fingerprint density at radius 1 is 1.00 bits per heavy atom. The van der Waals surface area contributed by atoms with Gasteiger partial charge in [-0.2, -0.15) is 5.26 Å². The highest BCUT2D eigenvalue weighted by Gasteiger charge is 2.62. The molecule has 0 saturated heterocycles. The summed E-state index contributed by atoms with van der Waals surface area (Å²) in [5, 5.41) is 9.16. The molecule has 2 heteroatoms. The molecule has 0 aliphatic heterocycles. The number of allylic oxidation sites excluding steroid dienone is 1. The van der Waals surface area contributed by atoms with E-state index in [1.807, 2.05) is 27.0 Å². The van der Waals surface area contributed by atoms with Gasteiger partial charge in [0.05, 0.1) is 6.07 Å². The molecule has 0 radical (unpaired) electrons. The molecule has 0 bridgehead atoms. The van der Waals surface area contributed by atoms with E-state index < -0.39 is 0 Å². The summed E-state index contributed by atoms with van der Waals surface area (Å²) >= 11 is 0. The van der Waals surface area contributed by atoms with E-state index in [1.54, 1.807) is 0 Å². The van der Waals surface area contributed by atoms with E-state index in [-0.39, 0.29) is 0 Å². The Morgan fingerprint density at radius 2 is 1.71 bits per heavy atom. The number of hydrogen-bond acceptors (Lipinski definition) is 2. The molecule has 0 amide bonds. The zero-order valence-electron chi connectivity index (χ0n) is 24.9. The summed E-state index contributed by atoms with van der Waals surface area (Å²) in [6.45, 7) is 19.8. The lowest BCUT2D eigenvalue weighted by Crippen LogP contribution is -2.55. The second-order valence-electron chi connectivity index (χ2n) is 13.7. The smallest absolute Gasteiger partial charge is 0.0959 e. The molecular weight excluding hydrogens is 424 g/mol. The van der Waals surface area contributed by atoms with Crippen LogP contribution in [0.25, 0.3) is 0 Å². The Balaban J connectivity index is 0.00000167.